The molecule has 29 heavy (non-hydrogen) atoms. The van der Waals surface area contributed by atoms with E-state index >= 15 is 0 Å². The van der Waals surface area contributed by atoms with E-state index in [9.17, 15) is 18.8 Å². The molecule has 1 N–H and O–H groups in total. The molecule has 0 fully saturated rings. The minimum Gasteiger partial charge on any atom is -0.479 e. The van der Waals surface area contributed by atoms with E-state index in [1.54, 1.807) is 51.1 Å². The van der Waals surface area contributed by atoms with Gasteiger partial charge in [0.25, 0.3) is 0 Å². The fraction of sp³-hybridized carbons (Fsp3) is 0.318. The molecule has 0 aliphatic rings. The topological polar surface area (TPSA) is 81.7 Å². The summed E-state index contributed by atoms with van der Waals surface area (Å²) in [6, 6.07) is 12.0. The van der Waals surface area contributed by atoms with Crippen LogP contribution in [0, 0.1) is 11.2 Å². The van der Waals surface area contributed by atoms with Crippen LogP contribution in [0.2, 0.25) is 0 Å². The molecule has 0 bridgehead atoms. The Balaban J connectivity index is 1.89. The predicted octanol–water partition coefficient (Wildman–Crippen LogP) is 4.00. The van der Waals surface area contributed by atoms with Gasteiger partial charge in [-0.05, 0) is 43.3 Å². The van der Waals surface area contributed by atoms with Gasteiger partial charge in [0.15, 0.2) is 24.3 Å². The largest absolute Gasteiger partial charge is 0.479 e. The standard InChI is InChI=1S/C22H24FNO5/c1-14(29-19(25)13-28-18-8-6-5-7-17(18)23)20(26)15-9-11-16(12-10-15)24-21(27)22(2,3)4/h5-12,14H,13H2,1-4H3,(H,24,27)/t14-/m0/s1. The molecule has 2 aromatic rings. The highest BCUT2D eigenvalue weighted by Crippen LogP contribution is 2.19. The lowest BCUT2D eigenvalue weighted by molar-refractivity contribution is -0.148. The maximum absolute atomic E-state index is 13.5. The average Bonchev–Trinajstić information content (AvgIpc) is 2.66. The predicted molar refractivity (Wildman–Crippen MR) is 106 cm³/mol. The number of hydrogen-bond acceptors (Lipinski definition) is 5. The second kappa shape index (κ2) is 9.32. The number of para-hydroxylation sites is 1. The Bertz CT molecular complexity index is 887. The van der Waals surface area contributed by atoms with Crippen LogP contribution < -0.4 is 10.1 Å². The highest BCUT2D eigenvalue weighted by atomic mass is 19.1. The lowest BCUT2D eigenvalue weighted by Crippen LogP contribution is -2.28. The fourth-order valence-electron chi connectivity index (χ4n) is 2.25. The van der Waals surface area contributed by atoms with Crippen molar-refractivity contribution in [2.75, 3.05) is 11.9 Å². The molecule has 1 amide bonds. The van der Waals surface area contributed by atoms with Crippen LogP contribution in [-0.2, 0) is 14.3 Å². The quantitative estimate of drug-likeness (QED) is 0.560. The molecule has 0 aliphatic heterocycles. The van der Waals surface area contributed by atoms with E-state index in [2.05, 4.69) is 5.32 Å². The number of hydrogen-bond donors (Lipinski definition) is 1. The minimum atomic E-state index is -1.04. The van der Waals surface area contributed by atoms with E-state index in [1.807, 2.05) is 0 Å². The van der Waals surface area contributed by atoms with Gasteiger partial charge in [-0.3, -0.25) is 9.59 Å². The molecule has 0 heterocycles. The zero-order valence-corrected chi connectivity index (χ0v) is 16.8. The Kier molecular flexibility index (Phi) is 7.09. The van der Waals surface area contributed by atoms with Crippen molar-refractivity contribution in [3.05, 3.63) is 59.9 Å². The molecule has 2 rings (SSSR count). The van der Waals surface area contributed by atoms with Crippen molar-refractivity contribution in [1.82, 2.24) is 0 Å². The molecule has 0 saturated carbocycles. The first-order chi connectivity index (χ1) is 13.6. The lowest BCUT2D eigenvalue weighted by Gasteiger charge is -2.18. The van der Waals surface area contributed by atoms with Gasteiger partial charge in [0.05, 0.1) is 0 Å². The van der Waals surface area contributed by atoms with Crippen LogP contribution in [0.4, 0.5) is 10.1 Å². The third kappa shape index (κ3) is 6.41. The van der Waals surface area contributed by atoms with E-state index in [1.165, 1.54) is 25.1 Å². The highest BCUT2D eigenvalue weighted by Gasteiger charge is 2.22. The Morgan fingerprint density at radius 2 is 1.66 bits per heavy atom. The molecule has 2 aromatic carbocycles. The van der Waals surface area contributed by atoms with Crippen molar-refractivity contribution in [3.63, 3.8) is 0 Å². The van der Waals surface area contributed by atoms with E-state index in [0.29, 0.717) is 11.3 Å². The van der Waals surface area contributed by atoms with Gasteiger partial charge < -0.3 is 14.8 Å². The zero-order valence-electron chi connectivity index (χ0n) is 16.8. The van der Waals surface area contributed by atoms with Crippen LogP contribution in [-0.4, -0.2) is 30.4 Å². The number of carbonyl (C=O) groups excluding carboxylic acids is 3. The van der Waals surface area contributed by atoms with Crippen molar-refractivity contribution in [1.29, 1.82) is 0 Å². The number of ether oxygens (including phenoxy) is 2. The van der Waals surface area contributed by atoms with Gasteiger partial charge in [-0.2, -0.15) is 0 Å². The molecule has 0 aliphatic carbocycles. The minimum absolute atomic E-state index is 0.0728. The number of nitrogens with one attached hydrogen (secondary N) is 1. The van der Waals surface area contributed by atoms with Gasteiger partial charge in [-0.25, -0.2) is 9.18 Å². The summed E-state index contributed by atoms with van der Waals surface area (Å²) in [5.74, 6) is -2.01. The molecular formula is C22H24FNO5. The van der Waals surface area contributed by atoms with Gasteiger partial charge in [0, 0.05) is 16.7 Å². The zero-order chi connectivity index (χ0) is 21.6. The molecule has 7 heteroatoms. The van der Waals surface area contributed by atoms with Gasteiger partial charge in [0.1, 0.15) is 0 Å². The van der Waals surface area contributed by atoms with Crippen molar-refractivity contribution < 1.29 is 28.2 Å². The highest BCUT2D eigenvalue weighted by molar-refractivity contribution is 6.01. The molecule has 154 valence electrons. The summed E-state index contributed by atoms with van der Waals surface area (Å²) < 4.78 is 23.6. The number of esters is 1. The summed E-state index contributed by atoms with van der Waals surface area (Å²) >= 11 is 0. The number of amides is 1. The lowest BCUT2D eigenvalue weighted by atomic mass is 9.95. The molecule has 0 radical (unpaired) electrons. The Hall–Kier alpha value is -3.22. The Labute approximate surface area is 169 Å². The van der Waals surface area contributed by atoms with Crippen LogP contribution in [0.3, 0.4) is 0 Å². The number of rotatable bonds is 7. The second-order valence-electron chi connectivity index (χ2n) is 7.50. The third-order valence-electron chi connectivity index (χ3n) is 3.97. The van der Waals surface area contributed by atoms with Crippen molar-refractivity contribution in [2.24, 2.45) is 5.41 Å². The van der Waals surface area contributed by atoms with E-state index in [0.717, 1.165) is 0 Å². The number of anilines is 1. The summed E-state index contributed by atoms with van der Waals surface area (Å²) in [5.41, 5.74) is 0.348. The fourth-order valence-corrected chi connectivity index (χ4v) is 2.25. The van der Waals surface area contributed by atoms with Gasteiger partial charge in [-0.1, -0.05) is 32.9 Å². The van der Waals surface area contributed by atoms with Crippen molar-refractivity contribution in [2.45, 2.75) is 33.8 Å². The second-order valence-corrected chi connectivity index (χ2v) is 7.50. The average molecular weight is 401 g/mol. The van der Waals surface area contributed by atoms with Crippen LogP contribution in [0.15, 0.2) is 48.5 Å². The maximum Gasteiger partial charge on any atom is 0.344 e. The van der Waals surface area contributed by atoms with E-state index in [4.69, 9.17) is 9.47 Å². The van der Waals surface area contributed by atoms with Crippen LogP contribution in [0.1, 0.15) is 38.1 Å². The SMILES string of the molecule is C[C@H](OC(=O)COc1ccccc1F)C(=O)c1ccc(NC(=O)C(C)(C)C)cc1. The molecule has 6 nitrogen and oxygen atoms in total. The molecule has 1 atom stereocenters. The first-order valence-electron chi connectivity index (χ1n) is 9.10. The summed E-state index contributed by atoms with van der Waals surface area (Å²) in [4.78, 5) is 36.3. The molecule has 0 saturated heterocycles. The van der Waals surface area contributed by atoms with Gasteiger partial charge in [-0.15, -0.1) is 0 Å². The molecule has 0 unspecified atom stereocenters. The smallest absolute Gasteiger partial charge is 0.344 e. The third-order valence-corrected chi connectivity index (χ3v) is 3.97. The summed E-state index contributed by atoms with van der Waals surface area (Å²) in [7, 11) is 0. The number of benzene rings is 2. The van der Waals surface area contributed by atoms with Crippen molar-refractivity contribution >= 4 is 23.3 Å². The number of ketones is 1. The number of carbonyl (C=O) groups is 3. The van der Waals surface area contributed by atoms with Crippen LogP contribution in [0.25, 0.3) is 0 Å². The first-order valence-corrected chi connectivity index (χ1v) is 9.10. The summed E-state index contributed by atoms with van der Waals surface area (Å²) in [5, 5.41) is 2.76. The Morgan fingerprint density at radius 3 is 2.24 bits per heavy atom. The molecule has 0 spiro atoms. The summed E-state index contributed by atoms with van der Waals surface area (Å²) in [6.45, 7) is 6.32. The molecule has 0 aromatic heterocycles. The van der Waals surface area contributed by atoms with Crippen LogP contribution >= 0.6 is 0 Å². The van der Waals surface area contributed by atoms with Crippen molar-refractivity contribution in [3.8, 4) is 5.75 Å². The van der Waals surface area contributed by atoms with E-state index in [-0.39, 0.29) is 11.7 Å². The van der Waals surface area contributed by atoms with Crippen LogP contribution in [0.5, 0.6) is 5.75 Å². The number of halogens is 1. The summed E-state index contributed by atoms with van der Waals surface area (Å²) in [6.07, 6.45) is -1.04. The maximum atomic E-state index is 13.5. The monoisotopic (exact) mass is 401 g/mol. The normalized spacial score (nSPS) is 12.0. The first kappa shape index (κ1) is 22.1. The van der Waals surface area contributed by atoms with Gasteiger partial charge >= 0.3 is 5.97 Å². The van der Waals surface area contributed by atoms with Gasteiger partial charge in [0.2, 0.25) is 11.7 Å². The Morgan fingerprint density at radius 1 is 1.03 bits per heavy atom. The number of Topliss-reactive ketones (excluding diaryl/α,β-unsaturated/α-hetero) is 1. The van der Waals surface area contributed by atoms with E-state index < -0.39 is 35.7 Å². The molecular weight excluding hydrogens is 377 g/mol.